The van der Waals surface area contributed by atoms with E-state index in [0.29, 0.717) is 35.1 Å². The van der Waals surface area contributed by atoms with Crippen molar-refractivity contribution in [3.05, 3.63) is 78.4 Å². The van der Waals surface area contributed by atoms with Crippen molar-refractivity contribution in [2.24, 2.45) is 5.92 Å². The molecule has 0 bridgehead atoms. The highest BCUT2D eigenvalue weighted by molar-refractivity contribution is 6.24. The van der Waals surface area contributed by atoms with Crippen LogP contribution in [0, 0.1) is 5.92 Å². The third-order valence-corrected chi connectivity index (χ3v) is 6.28. The van der Waals surface area contributed by atoms with Crippen molar-refractivity contribution in [3.8, 4) is 17.2 Å². The fourth-order valence-corrected chi connectivity index (χ4v) is 4.83. The number of hydrogen-bond donors (Lipinski definition) is 0. The molecular formula is C27H26N2O6. The van der Waals surface area contributed by atoms with Gasteiger partial charge in [0.05, 0.1) is 32.2 Å². The standard InChI is InChI=1S/C27H26N2O6/c1-4-34-20-15-9-8-14-19(20)28-26(30)22-23(18-13-10-16-21(32-2)24(18)33-3)29(35-25(22)27(28)31)17-11-6-5-7-12-17/h5-16,22-23,25H,4H2,1-3H3/t22-,23-,25+/m1/s1. The SMILES string of the molecule is CCOc1ccccc1N1C(=O)[C@H]2[C@H](ON(c3ccccc3)[C@@H]2c2cccc(OC)c2OC)C1=O. The maximum Gasteiger partial charge on any atom is 0.266 e. The minimum atomic E-state index is -1.00. The minimum Gasteiger partial charge on any atom is -0.493 e. The zero-order valence-electron chi connectivity index (χ0n) is 19.7. The lowest BCUT2D eigenvalue weighted by atomic mass is 9.89. The Labute approximate surface area is 203 Å². The van der Waals surface area contributed by atoms with Gasteiger partial charge in [0, 0.05) is 5.56 Å². The molecule has 0 aliphatic carbocycles. The van der Waals surface area contributed by atoms with Crippen LogP contribution in [0.3, 0.4) is 0 Å². The van der Waals surface area contributed by atoms with E-state index in [1.807, 2.05) is 49.4 Å². The molecule has 0 unspecified atom stereocenters. The summed E-state index contributed by atoms with van der Waals surface area (Å²) in [5.41, 5.74) is 1.81. The quantitative estimate of drug-likeness (QED) is 0.476. The first-order valence-electron chi connectivity index (χ1n) is 11.4. The second-order valence-electron chi connectivity index (χ2n) is 8.15. The Morgan fingerprint density at radius 3 is 2.26 bits per heavy atom. The van der Waals surface area contributed by atoms with Crippen LogP contribution in [-0.2, 0) is 14.4 Å². The number of hydrogen-bond acceptors (Lipinski definition) is 7. The summed E-state index contributed by atoms with van der Waals surface area (Å²) in [6, 6.07) is 21.3. The smallest absolute Gasteiger partial charge is 0.266 e. The van der Waals surface area contributed by atoms with Gasteiger partial charge in [-0.2, -0.15) is 0 Å². The summed E-state index contributed by atoms with van der Waals surface area (Å²) in [7, 11) is 3.11. The number of anilines is 2. The van der Waals surface area contributed by atoms with Gasteiger partial charge in [-0.15, -0.1) is 0 Å². The van der Waals surface area contributed by atoms with Crippen molar-refractivity contribution in [1.82, 2.24) is 0 Å². The summed E-state index contributed by atoms with van der Waals surface area (Å²) in [5.74, 6) is -0.126. The van der Waals surface area contributed by atoms with E-state index in [0.717, 1.165) is 5.69 Å². The Morgan fingerprint density at radius 2 is 1.54 bits per heavy atom. The highest BCUT2D eigenvalue weighted by Crippen LogP contribution is 2.51. The molecule has 0 saturated carbocycles. The van der Waals surface area contributed by atoms with Crippen LogP contribution in [-0.4, -0.2) is 38.7 Å². The van der Waals surface area contributed by atoms with E-state index in [2.05, 4.69) is 0 Å². The molecule has 5 rings (SSSR count). The molecule has 3 atom stereocenters. The molecule has 180 valence electrons. The maximum absolute atomic E-state index is 13.9. The van der Waals surface area contributed by atoms with E-state index in [4.69, 9.17) is 19.0 Å². The number of para-hydroxylation sites is 4. The van der Waals surface area contributed by atoms with Crippen molar-refractivity contribution >= 4 is 23.2 Å². The Balaban J connectivity index is 1.64. The van der Waals surface area contributed by atoms with Crippen LogP contribution in [0.5, 0.6) is 17.2 Å². The average Bonchev–Trinajstić information content (AvgIpc) is 3.40. The van der Waals surface area contributed by atoms with Gasteiger partial charge in [-0.25, -0.2) is 9.96 Å². The molecule has 2 aliphatic rings. The summed E-state index contributed by atoms with van der Waals surface area (Å²) in [5, 5.41) is 1.63. The van der Waals surface area contributed by atoms with Gasteiger partial charge in [-0.3, -0.25) is 14.4 Å². The third-order valence-electron chi connectivity index (χ3n) is 6.28. The number of carbonyl (C=O) groups is 2. The van der Waals surface area contributed by atoms with Gasteiger partial charge in [0.25, 0.3) is 5.91 Å². The number of carbonyl (C=O) groups excluding carboxylic acids is 2. The number of fused-ring (bicyclic) bond motifs is 1. The summed E-state index contributed by atoms with van der Waals surface area (Å²) in [6.07, 6.45) is -1.00. The zero-order valence-corrected chi connectivity index (χ0v) is 19.7. The summed E-state index contributed by atoms with van der Waals surface area (Å²) < 4.78 is 16.9. The largest absolute Gasteiger partial charge is 0.493 e. The predicted molar refractivity (Wildman–Crippen MR) is 130 cm³/mol. The number of hydroxylamine groups is 1. The second kappa shape index (κ2) is 9.31. The highest BCUT2D eigenvalue weighted by Gasteiger charge is 2.61. The van der Waals surface area contributed by atoms with Gasteiger partial charge in [-0.1, -0.05) is 42.5 Å². The number of rotatable bonds is 7. The van der Waals surface area contributed by atoms with Gasteiger partial charge in [0.15, 0.2) is 17.6 Å². The van der Waals surface area contributed by atoms with E-state index in [9.17, 15) is 9.59 Å². The van der Waals surface area contributed by atoms with Crippen LogP contribution in [0.2, 0.25) is 0 Å². The van der Waals surface area contributed by atoms with Crippen LogP contribution in [0.25, 0.3) is 0 Å². The number of benzene rings is 3. The molecular weight excluding hydrogens is 448 g/mol. The molecule has 8 heteroatoms. The molecule has 2 amide bonds. The molecule has 2 saturated heterocycles. The maximum atomic E-state index is 13.9. The van der Waals surface area contributed by atoms with E-state index < -0.39 is 24.0 Å². The van der Waals surface area contributed by atoms with E-state index >= 15 is 0 Å². The van der Waals surface area contributed by atoms with Crippen molar-refractivity contribution in [3.63, 3.8) is 0 Å². The molecule has 2 aliphatic heterocycles. The first-order chi connectivity index (χ1) is 17.1. The molecule has 0 radical (unpaired) electrons. The summed E-state index contributed by atoms with van der Waals surface area (Å²) in [6.45, 7) is 2.26. The number of ether oxygens (including phenoxy) is 3. The molecule has 0 N–H and O–H groups in total. The predicted octanol–water partition coefficient (Wildman–Crippen LogP) is 4.15. The van der Waals surface area contributed by atoms with Crippen molar-refractivity contribution in [2.75, 3.05) is 30.8 Å². The van der Waals surface area contributed by atoms with Gasteiger partial charge in [0.2, 0.25) is 5.91 Å². The molecule has 3 aromatic rings. The summed E-state index contributed by atoms with van der Waals surface area (Å²) in [4.78, 5) is 35.0. The van der Waals surface area contributed by atoms with Crippen molar-refractivity contribution < 1.29 is 28.6 Å². The van der Waals surface area contributed by atoms with Crippen molar-refractivity contribution in [2.45, 2.75) is 19.1 Å². The molecule has 0 spiro atoms. The lowest BCUT2D eigenvalue weighted by molar-refractivity contribution is -0.126. The molecule has 8 nitrogen and oxygen atoms in total. The molecule has 35 heavy (non-hydrogen) atoms. The lowest BCUT2D eigenvalue weighted by Crippen LogP contribution is -2.37. The van der Waals surface area contributed by atoms with E-state index in [1.165, 1.54) is 4.90 Å². The Hall–Kier alpha value is -4.04. The Kier molecular flexibility index (Phi) is 6.05. The first-order valence-corrected chi connectivity index (χ1v) is 11.4. The minimum absolute atomic E-state index is 0.361. The molecule has 0 aromatic heterocycles. The fourth-order valence-electron chi connectivity index (χ4n) is 4.83. The second-order valence-corrected chi connectivity index (χ2v) is 8.15. The molecule has 2 fully saturated rings. The van der Waals surface area contributed by atoms with Crippen molar-refractivity contribution in [1.29, 1.82) is 0 Å². The third kappa shape index (κ3) is 3.66. The average molecular weight is 475 g/mol. The van der Waals surface area contributed by atoms with E-state index in [1.54, 1.807) is 49.6 Å². The first kappa shape index (κ1) is 22.7. The monoisotopic (exact) mass is 474 g/mol. The number of amides is 2. The topological polar surface area (TPSA) is 77.5 Å². The van der Waals surface area contributed by atoms with Crippen LogP contribution in [0.1, 0.15) is 18.5 Å². The normalized spacial score (nSPS) is 21.3. The van der Waals surface area contributed by atoms with Gasteiger partial charge >= 0.3 is 0 Å². The fraction of sp³-hybridized carbons (Fsp3) is 0.259. The molecule has 2 heterocycles. The molecule has 3 aromatic carbocycles. The zero-order chi connectivity index (χ0) is 24.5. The van der Waals surface area contributed by atoms with Gasteiger partial charge in [-0.05, 0) is 37.3 Å². The van der Waals surface area contributed by atoms with Crippen LogP contribution < -0.4 is 24.2 Å². The van der Waals surface area contributed by atoms with Crippen LogP contribution in [0.15, 0.2) is 72.8 Å². The highest BCUT2D eigenvalue weighted by atomic mass is 16.7. The van der Waals surface area contributed by atoms with E-state index in [-0.39, 0.29) is 5.91 Å². The Bertz CT molecular complexity index is 1250. The van der Waals surface area contributed by atoms with Crippen LogP contribution in [0.4, 0.5) is 11.4 Å². The summed E-state index contributed by atoms with van der Waals surface area (Å²) >= 11 is 0. The number of imide groups is 1. The van der Waals surface area contributed by atoms with Crippen LogP contribution >= 0.6 is 0 Å². The number of nitrogens with zero attached hydrogens (tertiary/aromatic N) is 2. The van der Waals surface area contributed by atoms with Gasteiger partial charge < -0.3 is 14.2 Å². The Morgan fingerprint density at radius 1 is 0.829 bits per heavy atom. The lowest BCUT2D eigenvalue weighted by Gasteiger charge is -2.30. The van der Waals surface area contributed by atoms with Gasteiger partial charge in [0.1, 0.15) is 17.7 Å². The number of methoxy groups -OCH3 is 2.